The van der Waals surface area contributed by atoms with Gasteiger partial charge in [0.2, 0.25) is 5.92 Å². The van der Waals surface area contributed by atoms with Crippen molar-refractivity contribution in [1.82, 2.24) is 0 Å². The lowest BCUT2D eigenvalue weighted by atomic mass is 9.87. The van der Waals surface area contributed by atoms with E-state index < -0.39 is 21.7 Å². The summed E-state index contributed by atoms with van der Waals surface area (Å²) in [7, 11) is -1.34. The molecule has 2 atom stereocenters. The lowest BCUT2D eigenvalue weighted by Gasteiger charge is -2.26. The monoisotopic (exact) mass is 251 g/mol. The molecular formula is C11H19F2NOS. The van der Waals surface area contributed by atoms with Crippen LogP contribution in [0.3, 0.4) is 0 Å². The third-order valence-electron chi connectivity index (χ3n) is 2.57. The van der Waals surface area contributed by atoms with Gasteiger partial charge in [-0.2, -0.15) is 4.40 Å². The fourth-order valence-corrected chi connectivity index (χ4v) is 2.24. The van der Waals surface area contributed by atoms with E-state index >= 15 is 0 Å². The average molecular weight is 251 g/mol. The van der Waals surface area contributed by atoms with Crippen molar-refractivity contribution >= 4 is 17.2 Å². The number of nitrogens with zero attached hydrogens (tertiary/aromatic N) is 1. The molecule has 16 heavy (non-hydrogen) atoms. The van der Waals surface area contributed by atoms with Gasteiger partial charge in [0.25, 0.3) is 0 Å². The summed E-state index contributed by atoms with van der Waals surface area (Å²) in [5.41, 5.74) is 0. The molecule has 1 rings (SSSR count). The van der Waals surface area contributed by atoms with Crippen molar-refractivity contribution in [2.45, 2.75) is 57.1 Å². The van der Waals surface area contributed by atoms with Crippen LogP contribution < -0.4 is 0 Å². The van der Waals surface area contributed by atoms with E-state index in [9.17, 15) is 13.0 Å². The Morgan fingerprint density at radius 1 is 1.44 bits per heavy atom. The van der Waals surface area contributed by atoms with Crippen LogP contribution >= 0.6 is 0 Å². The van der Waals surface area contributed by atoms with Gasteiger partial charge in [-0.3, -0.25) is 0 Å². The summed E-state index contributed by atoms with van der Waals surface area (Å²) >= 11 is 0. The first-order chi connectivity index (χ1) is 7.21. The Balaban J connectivity index is 2.55. The summed E-state index contributed by atoms with van der Waals surface area (Å²) in [6.45, 7) is 5.45. The van der Waals surface area contributed by atoms with Crippen LogP contribution in [0.5, 0.6) is 0 Å². The largest absolute Gasteiger partial charge is 0.248 e. The summed E-state index contributed by atoms with van der Waals surface area (Å²) in [5, 5.41) is 0. The molecule has 0 bridgehead atoms. The molecule has 5 heteroatoms. The highest BCUT2D eigenvalue weighted by Gasteiger charge is 2.35. The first-order valence-electron chi connectivity index (χ1n) is 5.55. The van der Waals surface area contributed by atoms with Gasteiger partial charge >= 0.3 is 0 Å². The third kappa shape index (κ3) is 4.28. The molecule has 0 aromatic carbocycles. The molecule has 0 spiro atoms. The second-order valence-electron chi connectivity index (χ2n) is 5.33. The van der Waals surface area contributed by atoms with E-state index in [1.807, 2.05) is 20.8 Å². The molecule has 0 radical (unpaired) electrons. The van der Waals surface area contributed by atoms with Crippen molar-refractivity contribution < 1.29 is 13.0 Å². The van der Waals surface area contributed by atoms with Crippen molar-refractivity contribution in [1.29, 1.82) is 0 Å². The van der Waals surface area contributed by atoms with Crippen molar-refractivity contribution in [3.63, 3.8) is 0 Å². The molecule has 1 fully saturated rings. The number of hydrogen-bond acceptors (Lipinski definition) is 1. The van der Waals surface area contributed by atoms with Crippen LogP contribution in [0.2, 0.25) is 0 Å². The molecule has 0 amide bonds. The smallest absolute Gasteiger partial charge is 0.234 e. The van der Waals surface area contributed by atoms with Crippen LogP contribution in [0.4, 0.5) is 8.78 Å². The lowest BCUT2D eigenvalue weighted by molar-refractivity contribution is -0.0420. The minimum absolute atomic E-state index is 0.0281. The van der Waals surface area contributed by atoms with Crippen LogP contribution in [0, 0.1) is 5.92 Å². The Hall–Kier alpha value is -0.320. The molecule has 0 aromatic rings. The van der Waals surface area contributed by atoms with Gasteiger partial charge in [-0.25, -0.2) is 13.0 Å². The fraction of sp³-hybridized carbons (Fsp3) is 0.909. The second kappa shape index (κ2) is 4.90. The molecule has 0 saturated heterocycles. The maximum atomic E-state index is 13.1. The summed E-state index contributed by atoms with van der Waals surface area (Å²) in [6.07, 6.45) is 2.53. The maximum Gasteiger partial charge on any atom is 0.248 e. The Bertz CT molecular complexity index is 297. The van der Waals surface area contributed by atoms with E-state index in [0.29, 0.717) is 6.42 Å². The van der Waals surface area contributed by atoms with E-state index in [2.05, 4.69) is 4.40 Å². The minimum Gasteiger partial charge on any atom is -0.234 e. The van der Waals surface area contributed by atoms with Gasteiger partial charge in [-0.05, 0) is 33.6 Å². The molecule has 1 aliphatic carbocycles. The maximum absolute atomic E-state index is 13.1. The third-order valence-corrected chi connectivity index (χ3v) is 3.93. The molecule has 1 aliphatic rings. The van der Waals surface area contributed by atoms with Gasteiger partial charge in [0.1, 0.15) is 11.0 Å². The summed E-state index contributed by atoms with van der Waals surface area (Å²) in [6, 6.07) is 0. The van der Waals surface area contributed by atoms with E-state index in [4.69, 9.17) is 0 Å². The van der Waals surface area contributed by atoms with E-state index in [0.717, 1.165) is 6.42 Å². The standard InChI is InChI=1S/C11H19F2NOS/c1-10(2,3)16(15)14-8-9-5-4-6-11(12,13)7-9/h8-9H,4-7H2,1-3H3/t9?,16-/m0/s1. The van der Waals surface area contributed by atoms with Gasteiger partial charge < -0.3 is 0 Å². The number of hydrogen-bond donors (Lipinski definition) is 0. The topological polar surface area (TPSA) is 29.4 Å². The summed E-state index contributed by atoms with van der Waals surface area (Å²) in [5.74, 6) is -2.80. The van der Waals surface area contributed by atoms with Crippen LogP contribution in [0.25, 0.3) is 0 Å². The Morgan fingerprint density at radius 3 is 2.56 bits per heavy atom. The van der Waals surface area contributed by atoms with E-state index in [1.165, 1.54) is 6.21 Å². The highest BCUT2D eigenvalue weighted by molar-refractivity contribution is 7.85. The van der Waals surface area contributed by atoms with Crippen LogP contribution in [0.1, 0.15) is 46.5 Å². The molecule has 0 aliphatic heterocycles. The Labute approximate surface area is 98.1 Å². The van der Waals surface area contributed by atoms with Crippen molar-refractivity contribution in [3.8, 4) is 0 Å². The predicted octanol–water partition coefficient (Wildman–Crippen LogP) is 3.34. The molecule has 1 saturated carbocycles. The van der Waals surface area contributed by atoms with E-state index in [1.54, 1.807) is 0 Å². The fourth-order valence-electron chi connectivity index (χ4n) is 1.64. The van der Waals surface area contributed by atoms with Crippen LogP contribution in [-0.4, -0.2) is 21.1 Å². The zero-order valence-corrected chi connectivity index (χ0v) is 10.8. The molecule has 94 valence electrons. The first kappa shape index (κ1) is 13.7. The molecule has 0 N–H and O–H groups in total. The van der Waals surface area contributed by atoms with Gasteiger partial charge in [-0.1, -0.05) is 0 Å². The summed E-state index contributed by atoms with van der Waals surface area (Å²) in [4.78, 5) is 0. The highest BCUT2D eigenvalue weighted by atomic mass is 32.2. The van der Waals surface area contributed by atoms with Crippen molar-refractivity contribution in [2.75, 3.05) is 0 Å². The zero-order valence-electron chi connectivity index (χ0n) is 10.0. The van der Waals surface area contributed by atoms with Crippen molar-refractivity contribution in [3.05, 3.63) is 0 Å². The molecule has 1 unspecified atom stereocenters. The normalized spacial score (nSPS) is 28.2. The second-order valence-corrected chi connectivity index (χ2v) is 7.26. The summed E-state index contributed by atoms with van der Waals surface area (Å²) < 4.78 is 41.2. The minimum atomic E-state index is -2.57. The van der Waals surface area contributed by atoms with Crippen LogP contribution in [-0.2, 0) is 11.0 Å². The average Bonchev–Trinajstić information content (AvgIpc) is 2.11. The number of rotatable bonds is 2. The molecular weight excluding hydrogens is 232 g/mol. The number of alkyl halides is 2. The van der Waals surface area contributed by atoms with Gasteiger partial charge in [0.15, 0.2) is 0 Å². The SMILES string of the molecule is CC(C)(C)[S@](=O)N=CC1CCCC(F)(F)C1. The molecule has 0 heterocycles. The lowest BCUT2D eigenvalue weighted by Crippen LogP contribution is -2.27. The number of halogens is 2. The Kier molecular flexibility index (Phi) is 4.21. The van der Waals surface area contributed by atoms with Crippen LogP contribution in [0.15, 0.2) is 4.40 Å². The zero-order chi connectivity index (χ0) is 12.4. The Morgan fingerprint density at radius 2 is 2.06 bits per heavy atom. The van der Waals surface area contributed by atoms with Gasteiger partial charge in [0, 0.05) is 25.0 Å². The molecule has 2 nitrogen and oxygen atoms in total. The van der Waals surface area contributed by atoms with Crippen molar-refractivity contribution in [2.24, 2.45) is 10.3 Å². The quantitative estimate of drug-likeness (QED) is 0.692. The van der Waals surface area contributed by atoms with Gasteiger partial charge in [0.05, 0.1) is 4.75 Å². The predicted molar refractivity (Wildman–Crippen MR) is 63.3 cm³/mol. The van der Waals surface area contributed by atoms with E-state index in [-0.39, 0.29) is 18.8 Å². The van der Waals surface area contributed by atoms with Gasteiger partial charge in [-0.15, -0.1) is 0 Å². The molecule has 0 aromatic heterocycles. The highest BCUT2D eigenvalue weighted by Crippen LogP contribution is 2.35. The first-order valence-corrected chi connectivity index (χ1v) is 6.65.